The Morgan fingerprint density at radius 1 is 1.28 bits per heavy atom. The van der Waals surface area contributed by atoms with Crippen molar-refractivity contribution in [2.24, 2.45) is 10.9 Å². The topological polar surface area (TPSA) is 56.7 Å². The Morgan fingerprint density at radius 3 is 2.76 bits per heavy atom. The van der Waals surface area contributed by atoms with Crippen molar-refractivity contribution in [1.82, 2.24) is 15.5 Å². The van der Waals surface area contributed by atoms with E-state index in [1.807, 2.05) is 14.0 Å². The lowest BCUT2D eigenvalue weighted by Crippen LogP contribution is -2.49. The number of piperidine rings is 1. The summed E-state index contributed by atoms with van der Waals surface area (Å²) in [6, 6.07) is 1.04. The van der Waals surface area contributed by atoms with E-state index < -0.39 is 10.8 Å². The van der Waals surface area contributed by atoms with Crippen LogP contribution in [0.3, 0.4) is 0 Å². The van der Waals surface area contributed by atoms with Crippen LogP contribution in [0.15, 0.2) is 4.99 Å². The number of rotatable bonds is 6. The molecule has 146 valence electrons. The monoisotopic (exact) mass is 370 g/mol. The van der Waals surface area contributed by atoms with Gasteiger partial charge >= 0.3 is 0 Å². The van der Waals surface area contributed by atoms with Gasteiger partial charge in [0.15, 0.2) is 5.96 Å². The maximum atomic E-state index is 12.1. The van der Waals surface area contributed by atoms with Crippen LogP contribution in [-0.4, -0.2) is 64.8 Å². The zero-order chi connectivity index (χ0) is 18.2. The molecule has 1 heterocycles. The van der Waals surface area contributed by atoms with Crippen molar-refractivity contribution in [3.05, 3.63) is 0 Å². The van der Waals surface area contributed by atoms with Crippen LogP contribution in [0.1, 0.15) is 59.3 Å². The summed E-state index contributed by atoms with van der Waals surface area (Å²) in [6.45, 7) is 10.0. The fraction of sp³-hybridized carbons (Fsp3) is 0.947. The lowest BCUT2D eigenvalue weighted by molar-refractivity contribution is 0.141. The SMILES string of the molecule is CCS(=O)C1CCCC(NC(=NC)NCC2CCCN(C(C)C)C2)C1. The molecule has 4 unspecified atom stereocenters. The van der Waals surface area contributed by atoms with E-state index in [9.17, 15) is 4.21 Å². The number of guanidine groups is 1. The van der Waals surface area contributed by atoms with Crippen molar-refractivity contribution < 1.29 is 4.21 Å². The molecular weight excluding hydrogens is 332 g/mol. The molecule has 0 amide bonds. The molecule has 0 radical (unpaired) electrons. The molecule has 0 aromatic carbocycles. The molecule has 0 aromatic heterocycles. The highest BCUT2D eigenvalue weighted by Crippen LogP contribution is 2.23. The predicted molar refractivity (Wildman–Crippen MR) is 109 cm³/mol. The van der Waals surface area contributed by atoms with Gasteiger partial charge in [0.2, 0.25) is 0 Å². The van der Waals surface area contributed by atoms with Crippen LogP contribution in [0.4, 0.5) is 0 Å². The number of nitrogens with zero attached hydrogens (tertiary/aromatic N) is 2. The van der Waals surface area contributed by atoms with Gasteiger partial charge < -0.3 is 15.5 Å². The molecule has 1 saturated heterocycles. The Hall–Kier alpha value is -0.620. The minimum Gasteiger partial charge on any atom is -0.356 e. The Labute approximate surface area is 156 Å². The third kappa shape index (κ3) is 6.55. The van der Waals surface area contributed by atoms with Gasteiger partial charge in [-0.3, -0.25) is 9.20 Å². The molecule has 6 heteroatoms. The van der Waals surface area contributed by atoms with Crippen LogP contribution in [0.2, 0.25) is 0 Å². The molecule has 5 nitrogen and oxygen atoms in total. The third-order valence-corrected chi connectivity index (χ3v) is 7.43. The second-order valence-electron chi connectivity index (χ2n) is 7.85. The fourth-order valence-electron chi connectivity index (χ4n) is 4.11. The second-order valence-corrected chi connectivity index (χ2v) is 9.85. The van der Waals surface area contributed by atoms with Gasteiger partial charge in [0.25, 0.3) is 0 Å². The summed E-state index contributed by atoms with van der Waals surface area (Å²) in [5.74, 6) is 2.38. The average molecular weight is 371 g/mol. The molecule has 1 saturated carbocycles. The summed E-state index contributed by atoms with van der Waals surface area (Å²) in [5.41, 5.74) is 0. The lowest BCUT2D eigenvalue weighted by atomic mass is 9.95. The van der Waals surface area contributed by atoms with Crippen molar-refractivity contribution in [2.45, 2.75) is 76.6 Å². The summed E-state index contributed by atoms with van der Waals surface area (Å²) in [4.78, 5) is 7.00. The number of aliphatic imine (C=N–C) groups is 1. The fourth-order valence-corrected chi connectivity index (χ4v) is 5.46. The summed E-state index contributed by atoms with van der Waals surface area (Å²) in [6.07, 6.45) is 7.03. The zero-order valence-electron chi connectivity index (χ0n) is 16.6. The Morgan fingerprint density at radius 2 is 2.08 bits per heavy atom. The van der Waals surface area contributed by atoms with Gasteiger partial charge in [0.05, 0.1) is 0 Å². The first-order valence-corrected chi connectivity index (χ1v) is 11.5. The van der Waals surface area contributed by atoms with E-state index in [0.717, 1.165) is 43.9 Å². The molecule has 0 bridgehead atoms. The van der Waals surface area contributed by atoms with Gasteiger partial charge in [-0.1, -0.05) is 13.3 Å². The van der Waals surface area contributed by atoms with Gasteiger partial charge in [-0.2, -0.15) is 0 Å². The van der Waals surface area contributed by atoms with E-state index in [2.05, 4.69) is 34.4 Å². The quantitative estimate of drug-likeness (QED) is 0.557. The predicted octanol–water partition coefficient (Wildman–Crippen LogP) is 2.35. The smallest absolute Gasteiger partial charge is 0.191 e. The van der Waals surface area contributed by atoms with Crippen LogP contribution in [0.25, 0.3) is 0 Å². The molecule has 2 fully saturated rings. The average Bonchev–Trinajstić information content (AvgIpc) is 2.64. The molecule has 25 heavy (non-hydrogen) atoms. The highest BCUT2D eigenvalue weighted by Gasteiger charge is 2.26. The van der Waals surface area contributed by atoms with E-state index in [-0.39, 0.29) is 0 Å². The minimum atomic E-state index is -0.673. The van der Waals surface area contributed by atoms with Gasteiger partial charge in [0, 0.05) is 54.0 Å². The van der Waals surface area contributed by atoms with E-state index in [1.54, 1.807) is 0 Å². The first-order chi connectivity index (χ1) is 12.0. The molecule has 1 aliphatic heterocycles. The largest absolute Gasteiger partial charge is 0.356 e. The molecule has 2 rings (SSSR count). The maximum absolute atomic E-state index is 12.1. The molecule has 0 aromatic rings. The van der Waals surface area contributed by atoms with Crippen molar-refractivity contribution in [1.29, 1.82) is 0 Å². The second kappa shape index (κ2) is 10.5. The van der Waals surface area contributed by atoms with E-state index in [4.69, 9.17) is 0 Å². The highest BCUT2D eigenvalue weighted by atomic mass is 32.2. The summed E-state index contributed by atoms with van der Waals surface area (Å²) >= 11 is 0. The van der Waals surface area contributed by atoms with E-state index in [0.29, 0.717) is 23.3 Å². The minimum absolute atomic E-state index is 0.354. The Balaban J connectivity index is 1.77. The van der Waals surface area contributed by atoms with Gasteiger partial charge in [-0.05, 0) is 58.4 Å². The van der Waals surface area contributed by atoms with Crippen molar-refractivity contribution in [3.63, 3.8) is 0 Å². The number of hydrogen-bond acceptors (Lipinski definition) is 3. The van der Waals surface area contributed by atoms with Gasteiger partial charge in [-0.15, -0.1) is 0 Å². The summed E-state index contributed by atoms with van der Waals surface area (Å²) < 4.78 is 12.1. The van der Waals surface area contributed by atoms with Crippen LogP contribution in [0.5, 0.6) is 0 Å². The van der Waals surface area contributed by atoms with Gasteiger partial charge in [0.1, 0.15) is 0 Å². The van der Waals surface area contributed by atoms with Gasteiger partial charge in [-0.25, -0.2) is 0 Å². The van der Waals surface area contributed by atoms with Crippen molar-refractivity contribution >= 4 is 16.8 Å². The zero-order valence-corrected chi connectivity index (χ0v) is 17.4. The maximum Gasteiger partial charge on any atom is 0.191 e. The highest BCUT2D eigenvalue weighted by molar-refractivity contribution is 7.85. The Kier molecular flexibility index (Phi) is 8.70. The number of nitrogens with one attached hydrogen (secondary N) is 2. The van der Waals surface area contributed by atoms with E-state index >= 15 is 0 Å². The first kappa shape index (κ1) is 20.7. The van der Waals surface area contributed by atoms with Crippen molar-refractivity contribution in [2.75, 3.05) is 32.4 Å². The van der Waals surface area contributed by atoms with Crippen LogP contribution >= 0.6 is 0 Å². The molecule has 0 spiro atoms. The van der Waals surface area contributed by atoms with Crippen LogP contribution in [0, 0.1) is 5.92 Å². The Bertz CT molecular complexity index is 455. The molecule has 2 N–H and O–H groups in total. The van der Waals surface area contributed by atoms with E-state index in [1.165, 1.54) is 25.9 Å². The normalized spacial score (nSPS) is 30.3. The summed E-state index contributed by atoms with van der Waals surface area (Å²) in [5, 5.41) is 7.47. The first-order valence-electron chi connectivity index (χ1n) is 10.1. The number of hydrogen-bond donors (Lipinski definition) is 2. The standard InChI is InChI=1S/C19H38N4OS/c1-5-25(24)18-10-6-9-17(12-18)22-19(20-4)21-13-16-8-7-11-23(14-16)15(2)3/h15-18H,5-14H2,1-4H3,(H2,20,21,22). The van der Waals surface area contributed by atoms with Crippen LogP contribution in [-0.2, 0) is 10.8 Å². The van der Waals surface area contributed by atoms with Crippen molar-refractivity contribution in [3.8, 4) is 0 Å². The molecular formula is C19H38N4OS. The third-order valence-electron chi connectivity index (χ3n) is 5.69. The van der Waals surface area contributed by atoms with Crippen LogP contribution < -0.4 is 10.6 Å². The lowest BCUT2D eigenvalue weighted by Gasteiger charge is -2.36. The summed E-state index contributed by atoms with van der Waals surface area (Å²) in [7, 11) is 1.18. The molecule has 2 aliphatic rings. The number of likely N-dealkylation sites (tertiary alicyclic amines) is 1. The molecule has 4 atom stereocenters. The molecule has 1 aliphatic carbocycles.